The SMILES string of the molecule is CCC(N)(COC)Cc1nnn(C)n1. The summed E-state index contributed by atoms with van der Waals surface area (Å²) in [6, 6.07) is 0. The number of ether oxygens (including phenoxy) is 1. The molecular formula is C8H17N5O. The van der Waals surface area contributed by atoms with E-state index in [1.807, 2.05) is 6.92 Å². The minimum absolute atomic E-state index is 0.391. The lowest BCUT2D eigenvalue weighted by molar-refractivity contribution is 0.128. The van der Waals surface area contributed by atoms with Crippen molar-refractivity contribution in [1.29, 1.82) is 0 Å². The summed E-state index contributed by atoms with van der Waals surface area (Å²) < 4.78 is 5.07. The van der Waals surface area contributed by atoms with Crippen molar-refractivity contribution < 1.29 is 4.74 Å². The lowest BCUT2D eigenvalue weighted by Gasteiger charge is -2.25. The highest BCUT2D eigenvalue weighted by Gasteiger charge is 2.25. The van der Waals surface area contributed by atoms with E-state index in [9.17, 15) is 0 Å². The molecule has 1 heterocycles. The van der Waals surface area contributed by atoms with Crippen molar-refractivity contribution >= 4 is 0 Å². The Kier molecular flexibility index (Phi) is 3.54. The topological polar surface area (TPSA) is 78.9 Å². The number of nitrogens with zero attached hydrogens (tertiary/aromatic N) is 4. The Morgan fingerprint density at radius 2 is 2.29 bits per heavy atom. The normalized spacial score (nSPS) is 15.4. The molecule has 0 amide bonds. The first kappa shape index (κ1) is 11.1. The number of nitrogens with two attached hydrogens (primary N) is 1. The minimum Gasteiger partial charge on any atom is -0.383 e. The van der Waals surface area contributed by atoms with Crippen LogP contribution in [-0.2, 0) is 18.2 Å². The molecule has 6 nitrogen and oxygen atoms in total. The maximum atomic E-state index is 6.11. The molecule has 14 heavy (non-hydrogen) atoms. The first-order valence-electron chi connectivity index (χ1n) is 4.60. The van der Waals surface area contributed by atoms with Crippen molar-refractivity contribution in [2.75, 3.05) is 13.7 Å². The number of methoxy groups -OCH3 is 1. The summed E-state index contributed by atoms with van der Waals surface area (Å²) >= 11 is 0. The van der Waals surface area contributed by atoms with Gasteiger partial charge in [0.25, 0.3) is 0 Å². The minimum atomic E-state index is -0.391. The molecule has 1 atom stereocenters. The molecule has 0 aromatic carbocycles. The van der Waals surface area contributed by atoms with Crippen LogP contribution in [0.3, 0.4) is 0 Å². The molecule has 0 spiro atoms. The summed E-state index contributed by atoms with van der Waals surface area (Å²) in [4.78, 5) is 1.43. The Labute approximate surface area is 83.4 Å². The van der Waals surface area contributed by atoms with Crippen LogP contribution in [0.25, 0.3) is 0 Å². The highest BCUT2D eigenvalue weighted by molar-refractivity contribution is 4.93. The van der Waals surface area contributed by atoms with Crippen molar-refractivity contribution in [2.45, 2.75) is 25.3 Å². The zero-order chi connectivity index (χ0) is 10.6. The van der Waals surface area contributed by atoms with E-state index in [0.29, 0.717) is 18.9 Å². The Morgan fingerprint density at radius 1 is 1.57 bits per heavy atom. The smallest absolute Gasteiger partial charge is 0.176 e. The van der Waals surface area contributed by atoms with Crippen LogP contribution in [0.5, 0.6) is 0 Å². The van der Waals surface area contributed by atoms with Gasteiger partial charge in [-0.25, -0.2) is 0 Å². The van der Waals surface area contributed by atoms with E-state index in [1.54, 1.807) is 14.2 Å². The second kappa shape index (κ2) is 4.47. The number of rotatable bonds is 5. The summed E-state index contributed by atoms with van der Waals surface area (Å²) in [6.45, 7) is 2.52. The third kappa shape index (κ3) is 2.74. The molecule has 1 rings (SSSR count). The quantitative estimate of drug-likeness (QED) is 0.692. The maximum absolute atomic E-state index is 6.11. The number of hydrogen-bond acceptors (Lipinski definition) is 5. The lowest BCUT2D eigenvalue weighted by Crippen LogP contribution is -2.46. The largest absolute Gasteiger partial charge is 0.383 e. The molecule has 0 saturated carbocycles. The van der Waals surface area contributed by atoms with Crippen molar-refractivity contribution in [3.63, 3.8) is 0 Å². The monoisotopic (exact) mass is 199 g/mol. The van der Waals surface area contributed by atoms with Gasteiger partial charge in [-0.05, 0) is 11.6 Å². The second-order valence-corrected chi connectivity index (χ2v) is 3.52. The summed E-state index contributed by atoms with van der Waals surface area (Å²) in [5.74, 6) is 0.661. The Bertz CT molecular complexity index is 287. The molecular weight excluding hydrogens is 182 g/mol. The molecule has 2 N–H and O–H groups in total. The van der Waals surface area contributed by atoms with E-state index in [-0.39, 0.29) is 0 Å². The fourth-order valence-electron chi connectivity index (χ4n) is 1.27. The zero-order valence-electron chi connectivity index (χ0n) is 8.90. The van der Waals surface area contributed by atoms with Gasteiger partial charge in [0.15, 0.2) is 5.82 Å². The van der Waals surface area contributed by atoms with Crippen LogP contribution in [0.1, 0.15) is 19.2 Å². The Morgan fingerprint density at radius 3 is 2.71 bits per heavy atom. The van der Waals surface area contributed by atoms with Crippen LogP contribution >= 0.6 is 0 Å². The van der Waals surface area contributed by atoms with E-state index < -0.39 is 5.54 Å². The first-order valence-corrected chi connectivity index (χ1v) is 4.60. The third-order valence-corrected chi connectivity index (χ3v) is 2.20. The molecule has 0 aliphatic heterocycles. The molecule has 0 aliphatic rings. The number of hydrogen-bond donors (Lipinski definition) is 1. The van der Waals surface area contributed by atoms with Gasteiger partial charge in [0, 0.05) is 19.1 Å². The molecule has 0 bridgehead atoms. The average molecular weight is 199 g/mol. The predicted molar refractivity (Wildman–Crippen MR) is 51.6 cm³/mol. The van der Waals surface area contributed by atoms with E-state index in [0.717, 1.165) is 6.42 Å². The molecule has 0 saturated heterocycles. The summed E-state index contributed by atoms with van der Waals surface area (Å²) in [7, 11) is 3.37. The van der Waals surface area contributed by atoms with Gasteiger partial charge < -0.3 is 10.5 Å². The van der Waals surface area contributed by atoms with Crippen LogP contribution < -0.4 is 5.73 Å². The van der Waals surface area contributed by atoms with Crippen LogP contribution in [-0.4, -0.2) is 39.5 Å². The molecule has 6 heteroatoms. The van der Waals surface area contributed by atoms with E-state index >= 15 is 0 Å². The third-order valence-electron chi connectivity index (χ3n) is 2.20. The molecule has 1 unspecified atom stereocenters. The Balaban J connectivity index is 2.64. The van der Waals surface area contributed by atoms with Gasteiger partial charge in [0.05, 0.1) is 13.7 Å². The van der Waals surface area contributed by atoms with Gasteiger partial charge in [0.2, 0.25) is 0 Å². The fourth-order valence-corrected chi connectivity index (χ4v) is 1.27. The fraction of sp³-hybridized carbons (Fsp3) is 0.875. The molecule has 80 valence electrons. The van der Waals surface area contributed by atoms with Crippen LogP contribution in [0.4, 0.5) is 0 Å². The van der Waals surface area contributed by atoms with Crippen LogP contribution in [0.2, 0.25) is 0 Å². The number of tetrazole rings is 1. The summed E-state index contributed by atoms with van der Waals surface area (Å²) in [5.41, 5.74) is 5.72. The standard InChI is InChI=1S/C8H17N5O/c1-4-8(9,6-14-3)5-7-10-12-13(2)11-7/h4-6,9H2,1-3H3. The van der Waals surface area contributed by atoms with Crippen molar-refractivity contribution in [3.05, 3.63) is 5.82 Å². The highest BCUT2D eigenvalue weighted by atomic mass is 16.5. The van der Waals surface area contributed by atoms with Crippen LogP contribution in [0, 0.1) is 0 Å². The lowest BCUT2D eigenvalue weighted by atomic mass is 9.94. The molecule has 1 aromatic heterocycles. The van der Waals surface area contributed by atoms with Gasteiger partial charge in [-0.2, -0.15) is 4.80 Å². The maximum Gasteiger partial charge on any atom is 0.176 e. The van der Waals surface area contributed by atoms with E-state index in [2.05, 4.69) is 15.4 Å². The molecule has 1 aromatic rings. The van der Waals surface area contributed by atoms with E-state index in [4.69, 9.17) is 10.5 Å². The van der Waals surface area contributed by atoms with E-state index in [1.165, 1.54) is 4.80 Å². The molecule has 0 radical (unpaired) electrons. The summed E-state index contributed by atoms with van der Waals surface area (Å²) in [6.07, 6.45) is 1.41. The number of aryl methyl sites for hydroxylation is 1. The van der Waals surface area contributed by atoms with Crippen molar-refractivity contribution in [3.8, 4) is 0 Å². The highest BCUT2D eigenvalue weighted by Crippen LogP contribution is 2.11. The Hall–Kier alpha value is -1.01. The van der Waals surface area contributed by atoms with Gasteiger partial charge in [0.1, 0.15) is 0 Å². The van der Waals surface area contributed by atoms with Gasteiger partial charge in [-0.1, -0.05) is 6.92 Å². The van der Waals surface area contributed by atoms with Gasteiger partial charge in [-0.3, -0.25) is 0 Å². The van der Waals surface area contributed by atoms with Crippen LogP contribution in [0.15, 0.2) is 0 Å². The molecule has 0 aliphatic carbocycles. The first-order chi connectivity index (χ1) is 6.59. The molecule has 0 fully saturated rings. The summed E-state index contributed by atoms with van der Waals surface area (Å²) in [5, 5.41) is 11.7. The predicted octanol–water partition coefficient (Wildman–Crippen LogP) is -0.493. The average Bonchev–Trinajstić information content (AvgIpc) is 2.51. The van der Waals surface area contributed by atoms with Crippen molar-refractivity contribution in [2.24, 2.45) is 12.8 Å². The van der Waals surface area contributed by atoms with Crippen molar-refractivity contribution in [1.82, 2.24) is 20.2 Å². The second-order valence-electron chi connectivity index (χ2n) is 3.52. The zero-order valence-corrected chi connectivity index (χ0v) is 8.90. The van der Waals surface area contributed by atoms with Gasteiger partial charge in [-0.15, -0.1) is 10.2 Å². The number of aromatic nitrogens is 4. The van der Waals surface area contributed by atoms with Gasteiger partial charge >= 0.3 is 0 Å².